The van der Waals surface area contributed by atoms with Crippen molar-refractivity contribution in [2.24, 2.45) is 0 Å². The zero-order valence-electron chi connectivity index (χ0n) is 24.0. The van der Waals surface area contributed by atoms with Gasteiger partial charge in [-0.25, -0.2) is 28.7 Å². The molecule has 0 saturated heterocycles. The van der Waals surface area contributed by atoms with Crippen molar-refractivity contribution < 1.29 is 18.3 Å². The second kappa shape index (κ2) is 13.2. The van der Waals surface area contributed by atoms with Crippen LogP contribution in [-0.4, -0.2) is 44.1 Å². The molecular formula is C31H29F2N9O2. The highest BCUT2D eigenvalue weighted by molar-refractivity contribution is 6.00. The van der Waals surface area contributed by atoms with Crippen LogP contribution in [0, 0.1) is 23.0 Å². The van der Waals surface area contributed by atoms with Crippen LogP contribution in [0.1, 0.15) is 46.7 Å². The van der Waals surface area contributed by atoms with Gasteiger partial charge in [-0.15, -0.1) is 0 Å². The molecule has 0 aliphatic carbocycles. The minimum Gasteiger partial charge on any atom is -0.385 e. The first-order chi connectivity index (χ1) is 21.3. The van der Waals surface area contributed by atoms with E-state index < -0.39 is 23.6 Å². The zero-order chi connectivity index (χ0) is 31.2. The summed E-state index contributed by atoms with van der Waals surface area (Å²) in [6, 6.07) is 12.4. The Bertz CT molecular complexity index is 1850. The van der Waals surface area contributed by atoms with Crippen molar-refractivity contribution in [2.45, 2.75) is 32.5 Å². The minimum absolute atomic E-state index is 0.0461. The van der Waals surface area contributed by atoms with E-state index in [1.54, 1.807) is 14.0 Å². The molecule has 0 aliphatic rings. The predicted octanol–water partition coefficient (Wildman–Crippen LogP) is 4.76. The first-order valence-corrected chi connectivity index (χ1v) is 13.7. The van der Waals surface area contributed by atoms with Gasteiger partial charge in [0.25, 0.3) is 5.91 Å². The lowest BCUT2D eigenvalue weighted by molar-refractivity contribution is 0.0935. The Labute approximate surface area is 251 Å². The third-order valence-corrected chi connectivity index (χ3v) is 7.05. The zero-order valence-corrected chi connectivity index (χ0v) is 24.0. The van der Waals surface area contributed by atoms with E-state index in [0.717, 1.165) is 46.3 Å². The number of nitrogens with two attached hydrogens (primary N) is 1. The standard InChI is InChI=1S/C31H29F2N9O2/c1-18(21-8-9-24(32)25(33)12-21)40-31(43)27-29(37-15-22(13-34)41-27)36-14-19-4-6-20(7-5-19)23-16-42(10-3-11-44-2)30-26(23)28(35)38-17-39-30/h4-9,12,15-18H,3,10-11,14H2,1-2H3,(H,36,37)(H,40,43)(H2,35,38,39). The van der Waals surface area contributed by atoms with Crippen molar-refractivity contribution in [1.29, 1.82) is 5.26 Å². The van der Waals surface area contributed by atoms with E-state index in [1.807, 2.05) is 41.1 Å². The van der Waals surface area contributed by atoms with E-state index in [1.165, 1.54) is 18.6 Å². The highest BCUT2D eigenvalue weighted by Crippen LogP contribution is 2.33. The van der Waals surface area contributed by atoms with Crippen LogP contribution in [-0.2, 0) is 17.8 Å². The molecule has 13 heteroatoms. The highest BCUT2D eigenvalue weighted by atomic mass is 19.2. The fourth-order valence-corrected chi connectivity index (χ4v) is 4.76. The maximum Gasteiger partial charge on any atom is 0.274 e. The number of carbonyl (C=O) groups is 1. The van der Waals surface area contributed by atoms with Gasteiger partial charge < -0.3 is 25.7 Å². The van der Waals surface area contributed by atoms with Crippen LogP contribution >= 0.6 is 0 Å². The molecule has 3 heterocycles. The molecule has 0 bridgehead atoms. The maximum atomic E-state index is 13.7. The molecule has 4 N–H and O–H groups in total. The molecule has 5 aromatic rings. The number of nitriles is 1. The Morgan fingerprint density at radius 3 is 2.66 bits per heavy atom. The summed E-state index contributed by atoms with van der Waals surface area (Å²) in [6.45, 7) is 3.25. The fourth-order valence-electron chi connectivity index (χ4n) is 4.76. The third kappa shape index (κ3) is 6.45. The number of nitrogens with one attached hydrogen (secondary N) is 2. The molecule has 44 heavy (non-hydrogen) atoms. The maximum absolute atomic E-state index is 13.7. The summed E-state index contributed by atoms with van der Waals surface area (Å²) in [5.41, 5.74) is 9.92. The molecule has 0 fully saturated rings. The molecule has 3 aromatic heterocycles. The number of fused-ring (bicyclic) bond motifs is 1. The second-order valence-corrected chi connectivity index (χ2v) is 10.0. The molecule has 1 unspecified atom stereocenters. The Balaban J connectivity index is 1.33. The topological polar surface area (TPSA) is 157 Å². The normalized spacial score (nSPS) is 11.7. The Morgan fingerprint density at radius 2 is 1.93 bits per heavy atom. The van der Waals surface area contributed by atoms with Gasteiger partial charge in [-0.05, 0) is 42.2 Å². The van der Waals surface area contributed by atoms with Crippen LogP contribution in [0.3, 0.4) is 0 Å². The Kier molecular flexibility index (Phi) is 9.01. The van der Waals surface area contributed by atoms with Crippen molar-refractivity contribution in [3.05, 3.63) is 95.3 Å². The fraction of sp³-hybridized carbons (Fsp3) is 0.226. The van der Waals surface area contributed by atoms with Gasteiger partial charge in [0.15, 0.2) is 28.8 Å². The summed E-state index contributed by atoms with van der Waals surface area (Å²) in [4.78, 5) is 30.1. The molecular weight excluding hydrogens is 568 g/mol. The second-order valence-electron chi connectivity index (χ2n) is 10.0. The van der Waals surface area contributed by atoms with E-state index in [0.29, 0.717) is 31.1 Å². The average Bonchev–Trinajstić information content (AvgIpc) is 3.41. The average molecular weight is 598 g/mol. The monoisotopic (exact) mass is 597 g/mol. The summed E-state index contributed by atoms with van der Waals surface area (Å²) in [5.74, 6) is -2.08. The van der Waals surface area contributed by atoms with Gasteiger partial charge in [0.05, 0.1) is 17.6 Å². The Hall–Kier alpha value is -5.48. The lowest BCUT2D eigenvalue weighted by Crippen LogP contribution is -2.29. The number of benzene rings is 2. The lowest BCUT2D eigenvalue weighted by Gasteiger charge is -2.16. The molecule has 5 rings (SSSR count). The number of aryl methyl sites for hydroxylation is 1. The van der Waals surface area contributed by atoms with Crippen molar-refractivity contribution in [3.63, 3.8) is 0 Å². The molecule has 0 radical (unpaired) electrons. The number of hydrogen-bond acceptors (Lipinski definition) is 9. The van der Waals surface area contributed by atoms with E-state index in [9.17, 15) is 18.8 Å². The number of carbonyl (C=O) groups excluding carboxylic acids is 1. The van der Waals surface area contributed by atoms with Crippen molar-refractivity contribution in [3.8, 4) is 17.2 Å². The summed E-state index contributed by atoms with van der Waals surface area (Å²) in [6.07, 6.45) is 5.54. The van der Waals surface area contributed by atoms with Gasteiger partial charge in [0.1, 0.15) is 23.9 Å². The molecule has 2 aromatic carbocycles. The summed E-state index contributed by atoms with van der Waals surface area (Å²) in [7, 11) is 1.67. The van der Waals surface area contributed by atoms with E-state index >= 15 is 0 Å². The molecule has 0 spiro atoms. The lowest BCUT2D eigenvalue weighted by atomic mass is 10.0. The summed E-state index contributed by atoms with van der Waals surface area (Å²) >= 11 is 0. The van der Waals surface area contributed by atoms with Gasteiger partial charge in [0.2, 0.25) is 0 Å². The Morgan fingerprint density at radius 1 is 1.14 bits per heavy atom. The summed E-state index contributed by atoms with van der Waals surface area (Å²) < 4.78 is 34.3. The SMILES string of the molecule is COCCCn1cc(-c2ccc(CNc3ncc(C#N)nc3C(=O)NC(C)c3ccc(F)c(F)c3)cc2)c2c(N)ncnc21. The van der Waals surface area contributed by atoms with E-state index in [2.05, 4.69) is 30.6 Å². The molecule has 1 amide bonds. The van der Waals surface area contributed by atoms with E-state index in [-0.39, 0.29) is 17.2 Å². The first-order valence-electron chi connectivity index (χ1n) is 13.7. The number of methoxy groups -OCH3 is 1. The van der Waals surface area contributed by atoms with Gasteiger partial charge >= 0.3 is 0 Å². The molecule has 11 nitrogen and oxygen atoms in total. The van der Waals surface area contributed by atoms with Crippen molar-refractivity contribution >= 4 is 28.6 Å². The highest BCUT2D eigenvalue weighted by Gasteiger charge is 2.20. The van der Waals surface area contributed by atoms with Crippen LogP contribution in [0.4, 0.5) is 20.4 Å². The number of amides is 1. The van der Waals surface area contributed by atoms with Crippen LogP contribution < -0.4 is 16.4 Å². The van der Waals surface area contributed by atoms with Crippen LogP contribution in [0.25, 0.3) is 22.2 Å². The quantitative estimate of drug-likeness (QED) is 0.183. The molecule has 0 aliphatic heterocycles. The number of anilines is 2. The van der Waals surface area contributed by atoms with Crippen molar-refractivity contribution in [2.75, 3.05) is 24.8 Å². The van der Waals surface area contributed by atoms with Gasteiger partial charge in [-0.3, -0.25) is 4.79 Å². The van der Waals surface area contributed by atoms with Crippen LogP contribution in [0.2, 0.25) is 0 Å². The molecule has 0 saturated carbocycles. The van der Waals surface area contributed by atoms with Crippen molar-refractivity contribution in [1.82, 2.24) is 29.8 Å². The van der Waals surface area contributed by atoms with Crippen LogP contribution in [0.15, 0.2) is 61.2 Å². The summed E-state index contributed by atoms with van der Waals surface area (Å²) in [5, 5.41) is 15.9. The minimum atomic E-state index is -1.02. The smallest absolute Gasteiger partial charge is 0.274 e. The third-order valence-electron chi connectivity index (χ3n) is 7.05. The largest absolute Gasteiger partial charge is 0.385 e. The number of ether oxygens (including phenoxy) is 1. The number of rotatable bonds is 11. The van der Waals surface area contributed by atoms with Gasteiger partial charge in [-0.1, -0.05) is 30.3 Å². The first kappa shape index (κ1) is 30.0. The van der Waals surface area contributed by atoms with Crippen LogP contribution in [0.5, 0.6) is 0 Å². The molecule has 224 valence electrons. The molecule has 1 atom stereocenters. The van der Waals surface area contributed by atoms with Gasteiger partial charge in [-0.2, -0.15) is 5.26 Å². The number of aromatic nitrogens is 5. The number of halogens is 2. The predicted molar refractivity (Wildman–Crippen MR) is 160 cm³/mol. The number of nitrogen functional groups attached to an aromatic ring is 1. The number of hydrogen-bond donors (Lipinski definition) is 3. The van der Waals surface area contributed by atoms with E-state index in [4.69, 9.17) is 10.5 Å². The number of nitrogens with zero attached hydrogens (tertiary/aromatic N) is 6. The van der Waals surface area contributed by atoms with Gasteiger partial charge in [0, 0.05) is 38.6 Å².